The molecule has 9 heteroatoms. The first-order chi connectivity index (χ1) is 25.8. The molecule has 3 aliphatic heterocycles. The number of para-hydroxylation sites is 4. The quantitative estimate of drug-likeness (QED) is 0.168. The number of carbonyl (C=O) groups excluding carboxylic acids is 3. The maximum atomic E-state index is 14.2. The maximum Gasteiger partial charge on any atom is 0.266 e. The molecule has 0 fully saturated rings. The van der Waals surface area contributed by atoms with Crippen LogP contribution in [0.2, 0.25) is 0 Å². The molecule has 3 aliphatic rings. The van der Waals surface area contributed by atoms with Crippen molar-refractivity contribution in [2.24, 2.45) is 5.92 Å². The molecule has 3 heterocycles. The van der Waals surface area contributed by atoms with Crippen LogP contribution >= 0.6 is 0 Å². The van der Waals surface area contributed by atoms with Crippen LogP contribution in [0.25, 0.3) is 0 Å². The van der Waals surface area contributed by atoms with Crippen molar-refractivity contribution in [1.29, 1.82) is 0 Å². The van der Waals surface area contributed by atoms with Gasteiger partial charge >= 0.3 is 0 Å². The summed E-state index contributed by atoms with van der Waals surface area (Å²) in [5, 5.41) is 22.2. The van der Waals surface area contributed by atoms with Crippen LogP contribution < -0.4 is 14.5 Å². The Bertz CT molecular complexity index is 2250. The van der Waals surface area contributed by atoms with Crippen LogP contribution in [0.15, 0.2) is 133 Å². The molecule has 0 unspecified atom stereocenters. The predicted octanol–water partition coefficient (Wildman–Crippen LogP) is 7.03. The summed E-state index contributed by atoms with van der Waals surface area (Å²) in [7, 11) is 0. The summed E-state index contributed by atoms with van der Waals surface area (Å²) in [6.07, 6.45) is 4.11. The number of ether oxygens (including phenoxy) is 1. The van der Waals surface area contributed by atoms with Crippen molar-refractivity contribution in [2.45, 2.75) is 44.5 Å². The molecule has 3 atom stereocenters. The van der Waals surface area contributed by atoms with Gasteiger partial charge in [0.05, 0.1) is 36.1 Å². The normalized spacial score (nSPS) is 19.6. The average molecular weight is 706 g/mol. The Morgan fingerprint density at radius 3 is 2.28 bits per heavy atom. The average Bonchev–Trinajstić information content (AvgIpc) is 3.32. The Hall–Kier alpha value is -6.03. The highest BCUT2D eigenvalue weighted by Crippen LogP contribution is 2.46. The van der Waals surface area contributed by atoms with Gasteiger partial charge in [0.1, 0.15) is 5.75 Å². The van der Waals surface area contributed by atoms with Crippen molar-refractivity contribution in [1.82, 2.24) is 4.90 Å². The Balaban J connectivity index is 1.00. The molecule has 5 aromatic carbocycles. The van der Waals surface area contributed by atoms with E-state index < -0.39 is 17.4 Å². The van der Waals surface area contributed by atoms with E-state index in [1.54, 1.807) is 58.0 Å². The molecule has 8 rings (SSSR count). The van der Waals surface area contributed by atoms with Crippen LogP contribution in [0.4, 0.5) is 17.1 Å². The van der Waals surface area contributed by atoms with Gasteiger partial charge < -0.3 is 24.7 Å². The van der Waals surface area contributed by atoms with Gasteiger partial charge in [-0.05, 0) is 65.6 Å². The number of anilines is 3. The lowest BCUT2D eigenvalue weighted by molar-refractivity contribution is -0.139. The van der Waals surface area contributed by atoms with Gasteiger partial charge in [0, 0.05) is 30.1 Å². The SMILES string of the molecule is C[C@@H](/C=C/CC(=O)N1Cc2ccccc2C[C@H]1CO)[C@]1(O)C(=O)N(Cc2ccc(N3C(=O)c4ccccc4Oc4ccccc43)cc2)c2ccccc21. The molecule has 2 N–H and O–H groups in total. The van der Waals surface area contributed by atoms with Gasteiger partial charge in [-0.1, -0.05) is 97.9 Å². The molecular formula is C44H39N3O6. The minimum absolute atomic E-state index is 0.0761. The summed E-state index contributed by atoms with van der Waals surface area (Å²) in [6, 6.07) is 36.9. The number of carbonyl (C=O) groups is 3. The van der Waals surface area contributed by atoms with Crippen molar-refractivity contribution in [3.05, 3.63) is 161 Å². The Labute approximate surface area is 308 Å². The molecule has 0 saturated heterocycles. The van der Waals surface area contributed by atoms with E-state index in [0.29, 0.717) is 52.7 Å². The van der Waals surface area contributed by atoms with Crippen molar-refractivity contribution in [3.8, 4) is 11.5 Å². The second-order valence-electron chi connectivity index (χ2n) is 13.8. The fraction of sp³-hybridized carbons (Fsp3) is 0.205. The van der Waals surface area contributed by atoms with E-state index in [9.17, 15) is 24.6 Å². The molecule has 0 aliphatic carbocycles. The number of amides is 3. The molecule has 5 aromatic rings. The lowest BCUT2D eigenvalue weighted by Gasteiger charge is -2.36. The summed E-state index contributed by atoms with van der Waals surface area (Å²) >= 11 is 0. The van der Waals surface area contributed by atoms with E-state index in [1.807, 2.05) is 97.1 Å². The standard InChI is InChI=1S/C44H39N3O6/c1-29(11-10-20-41(49)45-27-32-13-3-2-12-31(32)25-34(45)28-48)44(52)36-15-5-6-16-37(36)46(43(44)51)26-30-21-23-33(24-22-30)47-38-17-7-9-19-40(38)53-39-18-8-4-14-35(39)42(47)50/h2-19,21-24,29,34,48,52H,20,25-28H2,1H3/b11-10+/t29-,34-,44+/m0/s1. The van der Waals surface area contributed by atoms with Gasteiger partial charge in [0.15, 0.2) is 11.4 Å². The summed E-state index contributed by atoms with van der Waals surface area (Å²) in [6.45, 7) is 2.28. The monoisotopic (exact) mass is 705 g/mol. The second kappa shape index (κ2) is 13.8. The number of hydrogen-bond donors (Lipinski definition) is 2. The Kier molecular flexibility index (Phi) is 8.90. The minimum Gasteiger partial charge on any atom is -0.454 e. The van der Waals surface area contributed by atoms with E-state index in [1.165, 1.54) is 0 Å². The highest BCUT2D eigenvalue weighted by molar-refractivity contribution is 6.14. The Morgan fingerprint density at radius 1 is 0.849 bits per heavy atom. The zero-order valence-corrected chi connectivity index (χ0v) is 29.3. The van der Waals surface area contributed by atoms with E-state index in [4.69, 9.17) is 4.74 Å². The zero-order valence-electron chi connectivity index (χ0n) is 29.3. The second-order valence-corrected chi connectivity index (χ2v) is 13.8. The summed E-state index contributed by atoms with van der Waals surface area (Å²) < 4.78 is 6.14. The molecule has 3 amide bonds. The third kappa shape index (κ3) is 5.97. The molecule has 53 heavy (non-hydrogen) atoms. The van der Waals surface area contributed by atoms with Crippen LogP contribution in [0.3, 0.4) is 0 Å². The molecule has 0 spiro atoms. The van der Waals surface area contributed by atoms with Gasteiger partial charge in [-0.25, -0.2) is 0 Å². The maximum absolute atomic E-state index is 14.2. The Morgan fingerprint density at radius 2 is 1.51 bits per heavy atom. The summed E-state index contributed by atoms with van der Waals surface area (Å²) in [5.74, 6) is -0.394. The van der Waals surface area contributed by atoms with Gasteiger partial charge in [-0.3, -0.25) is 19.3 Å². The predicted molar refractivity (Wildman–Crippen MR) is 202 cm³/mol. The van der Waals surface area contributed by atoms with E-state index >= 15 is 0 Å². The number of fused-ring (bicyclic) bond motifs is 4. The third-order valence-electron chi connectivity index (χ3n) is 10.6. The van der Waals surface area contributed by atoms with Crippen LogP contribution in [0, 0.1) is 5.92 Å². The van der Waals surface area contributed by atoms with Crippen molar-refractivity contribution < 1.29 is 29.3 Å². The molecule has 0 saturated carbocycles. The first-order valence-corrected chi connectivity index (χ1v) is 17.8. The van der Waals surface area contributed by atoms with Crippen LogP contribution in [0.5, 0.6) is 11.5 Å². The van der Waals surface area contributed by atoms with Gasteiger partial charge in [0.25, 0.3) is 11.8 Å². The topological polar surface area (TPSA) is 111 Å². The highest BCUT2D eigenvalue weighted by atomic mass is 16.5. The number of hydrogen-bond acceptors (Lipinski definition) is 6. The zero-order chi connectivity index (χ0) is 36.7. The molecule has 0 aromatic heterocycles. The number of rotatable bonds is 8. The summed E-state index contributed by atoms with van der Waals surface area (Å²) in [4.78, 5) is 46.4. The number of benzene rings is 5. The minimum atomic E-state index is -1.84. The van der Waals surface area contributed by atoms with E-state index in [2.05, 4.69) is 0 Å². The lowest BCUT2D eigenvalue weighted by atomic mass is 9.83. The third-order valence-corrected chi connectivity index (χ3v) is 10.6. The fourth-order valence-corrected chi connectivity index (χ4v) is 7.73. The van der Waals surface area contributed by atoms with Crippen LogP contribution in [-0.4, -0.2) is 45.5 Å². The van der Waals surface area contributed by atoms with Crippen molar-refractivity contribution in [2.75, 3.05) is 16.4 Å². The first kappa shape index (κ1) is 34.1. The highest BCUT2D eigenvalue weighted by Gasteiger charge is 2.52. The van der Waals surface area contributed by atoms with E-state index in [0.717, 1.165) is 16.7 Å². The van der Waals surface area contributed by atoms with Gasteiger partial charge in [-0.2, -0.15) is 0 Å². The van der Waals surface area contributed by atoms with Gasteiger partial charge in [-0.15, -0.1) is 0 Å². The number of nitrogens with zero attached hydrogens (tertiary/aromatic N) is 3. The largest absolute Gasteiger partial charge is 0.454 e. The summed E-state index contributed by atoms with van der Waals surface area (Å²) in [5.41, 5.74) is 4.00. The molecule has 266 valence electrons. The van der Waals surface area contributed by atoms with Crippen molar-refractivity contribution >= 4 is 34.8 Å². The van der Waals surface area contributed by atoms with E-state index in [-0.39, 0.29) is 37.4 Å². The van der Waals surface area contributed by atoms with Crippen LogP contribution in [0.1, 0.15) is 46.0 Å². The van der Waals surface area contributed by atoms with Crippen LogP contribution in [-0.2, 0) is 34.7 Å². The molecule has 0 bridgehead atoms. The molecular weight excluding hydrogens is 666 g/mol. The number of aliphatic hydroxyl groups is 2. The fourth-order valence-electron chi connectivity index (χ4n) is 7.73. The number of aliphatic hydroxyl groups excluding tert-OH is 1. The smallest absolute Gasteiger partial charge is 0.266 e. The first-order valence-electron chi connectivity index (χ1n) is 17.8. The lowest BCUT2D eigenvalue weighted by Crippen LogP contribution is -2.46. The van der Waals surface area contributed by atoms with Gasteiger partial charge in [0.2, 0.25) is 5.91 Å². The molecule has 9 nitrogen and oxygen atoms in total. The van der Waals surface area contributed by atoms with Crippen molar-refractivity contribution in [3.63, 3.8) is 0 Å². The molecule has 0 radical (unpaired) electrons.